The third-order valence-corrected chi connectivity index (χ3v) is 5.71. The molecule has 1 aromatic carbocycles. The molecule has 0 unspecified atom stereocenters. The molecule has 21 heavy (non-hydrogen) atoms. The molecule has 0 amide bonds. The standard InChI is InChI=1S/C15H21NO4S/c17-10-11-9-15(11)16-21(18,19)14-7-5-13(6-8-14)20-12-3-1-2-4-12/h5-8,11-12,15-17H,1-4,9-10H2/t11-,15-/m0/s1. The van der Waals surface area contributed by atoms with Crippen molar-refractivity contribution < 1.29 is 18.3 Å². The molecule has 0 saturated heterocycles. The fourth-order valence-corrected chi connectivity index (χ4v) is 4.07. The second kappa shape index (κ2) is 5.94. The predicted octanol–water partition coefficient (Wildman–Crippen LogP) is 1.67. The highest BCUT2D eigenvalue weighted by atomic mass is 32.2. The molecule has 0 bridgehead atoms. The largest absolute Gasteiger partial charge is 0.490 e. The van der Waals surface area contributed by atoms with Crippen molar-refractivity contribution in [1.82, 2.24) is 4.72 Å². The number of aliphatic hydroxyl groups is 1. The Labute approximate surface area is 125 Å². The highest BCUT2D eigenvalue weighted by Crippen LogP contribution is 2.31. The molecule has 0 heterocycles. The molecule has 3 rings (SSSR count). The van der Waals surface area contributed by atoms with Crippen LogP contribution in [0.15, 0.2) is 29.2 Å². The first-order chi connectivity index (χ1) is 10.1. The van der Waals surface area contributed by atoms with Crippen LogP contribution < -0.4 is 9.46 Å². The Kier molecular flexibility index (Phi) is 4.19. The minimum absolute atomic E-state index is 0.0291. The summed E-state index contributed by atoms with van der Waals surface area (Å²) in [6.45, 7) is 0.0291. The number of hydrogen-bond acceptors (Lipinski definition) is 4. The van der Waals surface area contributed by atoms with E-state index in [0.29, 0.717) is 6.42 Å². The monoisotopic (exact) mass is 311 g/mol. The Morgan fingerprint density at radius 3 is 2.43 bits per heavy atom. The van der Waals surface area contributed by atoms with E-state index < -0.39 is 10.0 Å². The maximum absolute atomic E-state index is 12.2. The molecule has 116 valence electrons. The van der Waals surface area contributed by atoms with E-state index in [0.717, 1.165) is 18.6 Å². The Hall–Kier alpha value is -1.11. The molecular formula is C15H21NO4S. The molecule has 0 aliphatic heterocycles. The zero-order valence-electron chi connectivity index (χ0n) is 11.9. The molecule has 2 fully saturated rings. The normalized spacial score (nSPS) is 26.0. The van der Waals surface area contributed by atoms with Crippen molar-refractivity contribution in [2.45, 2.75) is 49.1 Å². The van der Waals surface area contributed by atoms with Gasteiger partial charge in [-0.2, -0.15) is 0 Å². The SMILES string of the molecule is O=S(=O)(N[C@H]1C[C@H]1CO)c1ccc(OC2CCCC2)cc1. The third kappa shape index (κ3) is 3.56. The Bertz CT molecular complexity index is 578. The van der Waals surface area contributed by atoms with E-state index in [2.05, 4.69) is 4.72 Å². The number of rotatable bonds is 6. The number of ether oxygens (including phenoxy) is 1. The third-order valence-electron chi connectivity index (χ3n) is 4.20. The number of hydrogen-bond donors (Lipinski definition) is 2. The van der Waals surface area contributed by atoms with Crippen LogP contribution in [0.3, 0.4) is 0 Å². The molecule has 2 aliphatic carbocycles. The van der Waals surface area contributed by atoms with E-state index in [-0.39, 0.29) is 29.6 Å². The van der Waals surface area contributed by atoms with Crippen LogP contribution in [-0.4, -0.2) is 32.3 Å². The Morgan fingerprint density at radius 1 is 1.19 bits per heavy atom. The van der Waals surface area contributed by atoms with Crippen molar-refractivity contribution in [3.8, 4) is 5.75 Å². The van der Waals surface area contributed by atoms with E-state index in [1.807, 2.05) is 0 Å². The smallest absolute Gasteiger partial charge is 0.240 e. The van der Waals surface area contributed by atoms with Gasteiger partial charge in [0.2, 0.25) is 10.0 Å². The summed E-state index contributed by atoms with van der Waals surface area (Å²) in [6.07, 6.45) is 5.53. The van der Waals surface area contributed by atoms with Crippen LogP contribution in [0.2, 0.25) is 0 Å². The molecule has 5 nitrogen and oxygen atoms in total. The van der Waals surface area contributed by atoms with Crippen molar-refractivity contribution in [3.05, 3.63) is 24.3 Å². The van der Waals surface area contributed by atoms with Gasteiger partial charge in [0, 0.05) is 12.6 Å². The molecule has 1 aromatic rings. The van der Waals surface area contributed by atoms with Crippen molar-refractivity contribution in [2.24, 2.45) is 5.92 Å². The van der Waals surface area contributed by atoms with E-state index in [4.69, 9.17) is 9.84 Å². The number of benzene rings is 1. The lowest BCUT2D eigenvalue weighted by molar-refractivity contribution is 0.210. The summed E-state index contributed by atoms with van der Waals surface area (Å²) in [5.41, 5.74) is 0. The van der Waals surface area contributed by atoms with Gasteiger partial charge in [-0.25, -0.2) is 13.1 Å². The molecule has 0 aromatic heterocycles. The first-order valence-corrected chi connectivity index (χ1v) is 8.97. The van der Waals surface area contributed by atoms with Crippen molar-refractivity contribution in [1.29, 1.82) is 0 Å². The van der Waals surface area contributed by atoms with Gasteiger partial charge >= 0.3 is 0 Å². The quantitative estimate of drug-likeness (QED) is 0.838. The van der Waals surface area contributed by atoms with Crippen molar-refractivity contribution in [3.63, 3.8) is 0 Å². The van der Waals surface area contributed by atoms with Gasteiger partial charge in [-0.05, 0) is 62.3 Å². The van der Waals surface area contributed by atoms with Gasteiger partial charge in [-0.3, -0.25) is 0 Å². The molecule has 2 atom stereocenters. The van der Waals surface area contributed by atoms with Crippen molar-refractivity contribution in [2.75, 3.05) is 6.61 Å². The van der Waals surface area contributed by atoms with Crippen LogP contribution in [0, 0.1) is 5.92 Å². The lowest BCUT2D eigenvalue weighted by Crippen LogP contribution is -2.27. The summed E-state index contributed by atoms with van der Waals surface area (Å²) in [4.78, 5) is 0.241. The van der Waals surface area contributed by atoms with E-state index in [9.17, 15) is 8.42 Å². The van der Waals surface area contributed by atoms with Gasteiger partial charge < -0.3 is 9.84 Å². The van der Waals surface area contributed by atoms with E-state index in [1.165, 1.54) is 12.8 Å². The molecule has 2 aliphatic rings. The summed E-state index contributed by atoms with van der Waals surface area (Å²) in [5, 5.41) is 8.96. The highest BCUT2D eigenvalue weighted by Gasteiger charge is 2.39. The summed E-state index contributed by atoms with van der Waals surface area (Å²) >= 11 is 0. The predicted molar refractivity (Wildman–Crippen MR) is 78.6 cm³/mol. The van der Waals surface area contributed by atoms with Gasteiger partial charge in [-0.1, -0.05) is 0 Å². The molecule has 2 saturated carbocycles. The molecule has 2 N–H and O–H groups in total. The van der Waals surface area contributed by atoms with Crippen LogP contribution in [0.5, 0.6) is 5.75 Å². The summed E-state index contributed by atoms with van der Waals surface area (Å²) in [7, 11) is -3.50. The molecule has 0 spiro atoms. The van der Waals surface area contributed by atoms with Crippen LogP contribution in [0.25, 0.3) is 0 Å². The first-order valence-electron chi connectivity index (χ1n) is 7.48. The molecule has 0 radical (unpaired) electrons. The zero-order valence-corrected chi connectivity index (χ0v) is 12.7. The highest BCUT2D eigenvalue weighted by molar-refractivity contribution is 7.89. The second-order valence-electron chi connectivity index (χ2n) is 5.90. The maximum Gasteiger partial charge on any atom is 0.240 e. The molecular weight excluding hydrogens is 290 g/mol. The minimum Gasteiger partial charge on any atom is -0.490 e. The van der Waals surface area contributed by atoms with Gasteiger partial charge in [0.05, 0.1) is 11.0 Å². The summed E-state index contributed by atoms with van der Waals surface area (Å²) in [5.74, 6) is 0.783. The van der Waals surface area contributed by atoms with Crippen molar-refractivity contribution >= 4 is 10.0 Å². The van der Waals surface area contributed by atoms with Crippen LogP contribution >= 0.6 is 0 Å². The second-order valence-corrected chi connectivity index (χ2v) is 7.62. The minimum atomic E-state index is -3.50. The fraction of sp³-hybridized carbons (Fsp3) is 0.600. The van der Waals surface area contributed by atoms with Gasteiger partial charge in [0.25, 0.3) is 0 Å². The van der Waals surface area contributed by atoms with Crippen LogP contribution in [-0.2, 0) is 10.0 Å². The fourth-order valence-electron chi connectivity index (χ4n) is 2.76. The number of aliphatic hydroxyl groups excluding tert-OH is 1. The van der Waals surface area contributed by atoms with E-state index in [1.54, 1.807) is 24.3 Å². The first kappa shape index (κ1) is 14.8. The average Bonchev–Trinajstić information content (AvgIpc) is 2.99. The zero-order chi connectivity index (χ0) is 14.9. The maximum atomic E-state index is 12.2. The van der Waals surface area contributed by atoms with Gasteiger partial charge in [-0.15, -0.1) is 0 Å². The average molecular weight is 311 g/mol. The number of sulfonamides is 1. The topological polar surface area (TPSA) is 75.6 Å². The molecule has 6 heteroatoms. The summed E-state index contributed by atoms with van der Waals surface area (Å²) < 4.78 is 32.8. The van der Waals surface area contributed by atoms with E-state index >= 15 is 0 Å². The Morgan fingerprint density at radius 2 is 1.86 bits per heavy atom. The lowest BCUT2D eigenvalue weighted by atomic mass is 10.3. The van der Waals surface area contributed by atoms with Gasteiger partial charge in [0.15, 0.2) is 0 Å². The number of nitrogens with one attached hydrogen (secondary N) is 1. The Balaban J connectivity index is 1.62. The van der Waals surface area contributed by atoms with Crippen LogP contribution in [0.4, 0.5) is 0 Å². The summed E-state index contributed by atoms with van der Waals surface area (Å²) in [6, 6.07) is 6.44. The lowest BCUT2D eigenvalue weighted by Gasteiger charge is -2.13. The van der Waals surface area contributed by atoms with Gasteiger partial charge in [0.1, 0.15) is 5.75 Å². The van der Waals surface area contributed by atoms with Crippen LogP contribution in [0.1, 0.15) is 32.1 Å².